The number of amides is 1. The second-order valence-corrected chi connectivity index (χ2v) is 4.30. The minimum atomic E-state index is -0.592. The Balaban J connectivity index is 2.15. The molecule has 0 aliphatic rings. The Morgan fingerprint density at radius 2 is 2.00 bits per heavy atom. The van der Waals surface area contributed by atoms with Crippen molar-refractivity contribution in [2.24, 2.45) is 0 Å². The molecule has 0 aromatic heterocycles. The van der Waals surface area contributed by atoms with Crippen LogP contribution in [0.1, 0.15) is 15.9 Å². The van der Waals surface area contributed by atoms with Gasteiger partial charge in [-0.25, -0.2) is 4.39 Å². The molecule has 0 saturated carbocycles. The fourth-order valence-electron chi connectivity index (χ4n) is 1.83. The monoisotopic (exact) mass is 289 g/mol. The van der Waals surface area contributed by atoms with Gasteiger partial charge in [-0.15, -0.1) is 0 Å². The van der Waals surface area contributed by atoms with Crippen LogP contribution in [0.4, 0.5) is 15.8 Å². The topological polar surface area (TPSA) is 98.3 Å². The summed E-state index contributed by atoms with van der Waals surface area (Å²) in [5.41, 5.74) is 5.99. The summed E-state index contributed by atoms with van der Waals surface area (Å²) in [5, 5.41) is 13.3. The van der Waals surface area contributed by atoms with E-state index >= 15 is 0 Å². The Bertz CT molecular complexity index is 704. The molecule has 0 bridgehead atoms. The molecule has 0 fully saturated rings. The highest BCUT2D eigenvalue weighted by Crippen LogP contribution is 2.18. The average molecular weight is 289 g/mol. The number of nitro benzene ring substituents is 1. The molecule has 0 saturated heterocycles. The van der Waals surface area contributed by atoms with E-state index in [0.717, 1.165) is 12.1 Å². The lowest BCUT2D eigenvalue weighted by Crippen LogP contribution is -2.24. The van der Waals surface area contributed by atoms with Crippen LogP contribution in [-0.2, 0) is 6.54 Å². The second-order valence-electron chi connectivity index (χ2n) is 4.30. The van der Waals surface area contributed by atoms with E-state index in [1.54, 1.807) is 6.07 Å². The van der Waals surface area contributed by atoms with Gasteiger partial charge in [0.1, 0.15) is 5.82 Å². The molecular weight excluding hydrogens is 277 g/mol. The van der Waals surface area contributed by atoms with Gasteiger partial charge in [-0.3, -0.25) is 14.9 Å². The highest BCUT2D eigenvalue weighted by atomic mass is 19.1. The summed E-state index contributed by atoms with van der Waals surface area (Å²) in [6.07, 6.45) is 0. The third kappa shape index (κ3) is 3.33. The Kier molecular flexibility index (Phi) is 4.13. The first-order valence-corrected chi connectivity index (χ1v) is 6.04. The lowest BCUT2D eigenvalue weighted by atomic mass is 10.1. The van der Waals surface area contributed by atoms with E-state index in [9.17, 15) is 19.3 Å². The van der Waals surface area contributed by atoms with Crippen molar-refractivity contribution in [2.75, 3.05) is 5.73 Å². The highest BCUT2D eigenvalue weighted by Gasteiger charge is 2.15. The van der Waals surface area contributed by atoms with Crippen molar-refractivity contribution < 1.29 is 14.1 Å². The van der Waals surface area contributed by atoms with Gasteiger partial charge in [-0.2, -0.15) is 0 Å². The van der Waals surface area contributed by atoms with Gasteiger partial charge >= 0.3 is 0 Å². The molecule has 3 N–H and O–H groups in total. The largest absolute Gasteiger partial charge is 0.398 e. The Hall–Kier alpha value is -2.96. The lowest BCUT2D eigenvalue weighted by molar-refractivity contribution is -0.385. The zero-order valence-electron chi connectivity index (χ0n) is 10.9. The number of nitrogens with two attached hydrogens (primary N) is 1. The molecule has 0 aliphatic heterocycles. The summed E-state index contributed by atoms with van der Waals surface area (Å²) >= 11 is 0. The quantitative estimate of drug-likeness (QED) is 0.512. The van der Waals surface area contributed by atoms with Gasteiger partial charge in [0.05, 0.1) is 10.5 Å². The molecule has 108 valence electrons. The van der Waals surface area contributed by atoms with E-state index in [0.29, 0.717) is 5.56 Å². The first-order chi connectivity index (χ1) is 9.99. The first-order valence-electron chi connectivity index (χ1n) is 6.04. The van der Waals surface area contributed by atoms with Crippen LogP contribution in [0.3, 0.4) is 0 Å². The molecule has 0 spiro atoms. The number of nitrogens with zero attached hydrogens (tertiary/aromatic N) is 1. The molecule has 0 radical (unpaired) electrons. The number of carbonyl (C=O) groups excluding carboxylic acids is 1. The third-order valence-corrected chi connectivity index (χ3v) is 2.89. The molecule has 0 unspecified atom stereocenters. The van der Waals surface area contributed by atoms with E-state index in [1.165, 1.54) is 24.3 Å². The molecule has 6 nitrogen and oxygen atoms in total. The van der Waals surface area contributed by atoms with Crippen LogP contribution in [-0.4, -0.2) is 10.8 Å². The Morgan fingerprint density at radius 3 is 2.71 bits per heavy atom. The van der Waals surface area contributed by atoms with Crippen LogP contribution in [0.25, 0.3) is 0 Å². The van der Waals surface area contributed by atoms with Gasteiger partial charge in [0, 0.05) is 23.9 Å². The molecule has 0 atom stereocenters. The molecular formula is C14H12FN3O3. The van der Waals surface area contributed by atoms with Crippen molar-refractivity contribution in [3.63, 3.8) is 0 Å². The summed E-state index contributed by atoms with van der Waals surface area (Å²) < 4.78 is 13.1. The first kappa shape index (κ1) is 14.4. The van der Waals surface area contributed by atoms with Gasteiger partial charge in [0.15, 0.2) is 0 Å². The third-order valence-electron chi connectivity index (χ3n) is 2.89. The summed E-state index contributed by atoms with van der Waals surface area (Å²) in [6, 6.07) is 9.50. The Labute approximate surface area is 119 Å². The van der Waals surface area contributed by atoms with E-state index < -0.39 is 16.6 Å². The van der Waals surface area contributed by atoms with E-state index in [1.807, 2.05) is 0 Å². The van der Waals surface area contributed by atoms with Gasteiger partial charge in [-0.1, -0.05) is 18.2 Å². The van der Waals surface area contributed by atoms with Crippen LogP contribution in [0.15, 0.2) is 42.5 Å². The lowest BCUT2D eigenvalue weighted by Gasteiger charge is -2.08. The number of para-hydroxylation sites is 1. The van der Waals surface area contributed by atoms with E-state index in [2.05, 4.69) is 5.32 Å². The fraction of sp³-hybridized carbons (Fsp3) is 0.0714. The van der Waals surface area contributed by atoms with Gasteiger partial charge in [-0.05, 0) is 18.2 Å². The van der Waals surface area contributed by atoms with Crippen molar-refractivity contribution in [2.45, 2.75) is 6.54 Å². The molecule has 0 aliphatic carbocycles. The zero-order chi connectivity index (χ0) is 15.4. The average Bonchev–Trinajstić information content (AvgIpc) is 2.47. The van der Waals surface area contributed by atoms with Crippen molar-refractivity contribution in [3.05, 3.63) is 69.5 Å². The number of carbonyl (C=O) groups is 1. The van der Waals surface area contributed by atoms with Crippen molar-refractivity contribution >= 4 is 17.3 Å². The number of rotatable bonds is 4. The van der Waals surface area contributed by atoms with Crippen molar-refractivity contribution in [1.29, 1.82) is 0 Å². The summed E-state index contributed by atoms with van der Waals surface area (Å²) in [7, 11) is 0. The van der Waals surface area contributed by atoms with Gasteiger partial charge in [0.2, 0.25) is 0 Å². The van der Waals surface area contributed by atoms with E-state index in [4.69, 9.17) is 5.73 Å². The molecule has 2 rings (SSSR count). The maximum atomic E-state index is 13.1. The molecule has 0 heterocycles. The van der Waals surface area contributed by atoms with Crippen molar-refractivity contribution in [3.8, 4) is 0 Å². The van der Waals surface area contributed by atoms with Gasteiger partial charge < -0.3 is 11.1 Å². The fourth-order valence-corrected chi connectivity index (χ4v) is 1.83. The summed E-state index contributed by atoms with van der Waals surface area (Å²) in [4.78, 5) is 22.3. The molecule has 7 heteroatoms. The number of hydrogen-bond acceptors (Lipinski definition) is 4. The van der Waals surface area contributed by atoms with E-state index in [-0.39, 0.29) is 23.5 Å². The molecule has 2 aromatic rings. The van der Waals surface area contributed by atoms with Crippen molar-refractivity contribution in [1.82, 2.24) is 5.32 Å². The summed E-state index contributed by atoms with van der Waals surface area (Å²) in [5.74, 6) is -1.18. The number of benzene rings is 2. The second kappa shape index (κ2) is 6.00. The minimum Gasteiger partial charge on any atom is -0.398 e. The summed E-state index contributed by atoms with van der Waals surface area (Å²) in [6.45, 7) is -0.0497. The smallest absolute Gasteiger partial charge is 0.274 e. The predicted octanol–water partition coefficient (Wildman–Crippen LogP) is 2.25. The number of halogens is 1. The zero-order valence-corrected chi connectivity index (χ0v) is 10.9. The van der Waals surface area contributed by atoms with Crippen LogP contribution in [0, 0.1) is 15.9 Å². The van der Waals surface area contributed by atoms with Crippen LogP contribution in [0.2, 0.25) is 0 Å². The Morgan fingerprint density at radius 1 is 1.29 bits per heavy atom. The van der Waals surface area contributed by atoms with Crippen LogP contribution in [0.5, 0.6) is 0 Å². The highest BCUT2D eigenvalue weighted by molar-refractivity contribution is 5.99. The van der Waals surface area contributed by atoms with Crippen LogP contribution >= 0.6 is 0 Å². The number of nitro groups is 1. The number of nitrogen functional groups attached to an aromatic ring is 1. The maximum Gasteiger partial charge on any atom is 0.274 e. The normalized spacial score (nSPS) is 10.1. The minimum absolute atomic E-state index is 0.00594. The molecule has 2 aromatic carbocycles. The number of hydrogen-bond donors (Lipinski definition) is 2. The standard InChI is InChI=1S/C14H12FN3O3/c15-10-5-6-12(16)11(7-10)14(19)17-8-9-3-1-2-4-13(9)18(20)21/h1-7H,8,16H2,(H,17,19). The maximum absolute atomic E-state index is 13.1. The SMILES string of the molecule is Nc1ccc(F)cc1C(=O)NCc1ccccc1[N+](=O)[O-]. The predicted molar refractivity (Wildman–Crippen MR) is 75.1 cm³/mol. The van der Waals surface area contributed by atoms with Gasteiger partial charge in [0.25, 0.3) is 11.6 Å². The number of nitrogens with one attached hydrogen (secondary N) is 1. The molecule has 1 amide bonds. The van der Waals surface area contributed by atoms with Crippen LogP contribution < -0.4 is 11.1 Å². The number of anilines is 1. The molecule has 21 heavy (non-hydrogen) atoms.